The van der Waals surface area contributed by atoms with Gasteiger partial charge >= 0.3 is 6.18 Å². The van der Waals surface area contributed by atoms with Gasteiger partial charge in [0.1, 0.15) is 5.75 Å². The van der Waals surface area contributed by atoms with Crippen LogP contribution in [0.3, 0.4) is 0 Å². The van der Waals surface area contributed by atoms with E-state index in [-0.39, 0.29) is 5.91 Å². The molecule has 2 aromatic carbocycles. The van der Waals surface area contributed by atoms with Crippen molar-refractivity contribution in [3.05, 3.63) is 53.6 Å². The van der Waals surface area contributed by atoms with E-state index >= 15 is 0 Å². The molecule has 1 heterocycles. The van der Waals surface area contributed by atoms with E-state index in [4.69, 9.17) is 14.2 Å². The molecule has 0 saturated carbocycles. The van der Waals surface area contributed by atoms with Gasteiger partial charge in [0, 0.05) is 49.6 Å². The summed E-state index contributed by atoms with van der Waals surface area (Å²) in [6.07, 6.45) is -1.30. The fraction of sp³-hybridized carbons (Fsp3) is 0.348. The summed E-state index contributed by atoms with van der Waals surface area (Å²) in [5.74, 6) is 1.36. The minimum atomic E-state index is -4.39. The number of nitrogens with zero attached hydrogens (tertiary/aromatic N) is 2. The molecule has 1 saturated heterocycles. The summed E-state index contributed by atoms with van der Waals surface area (Å²) in [4.78, 5) is 16.2. The standard InChI is InChI=1S/C23H25F3N2O4/c1-30-19-15-21(32-3)20(31-2)13-16(19)7-8-22(29)28-11-9-27(10-12-28)18-6-4-5-17(14-18)23(24,25)26/h4-8,13-15H,9-12H2,1-3H3/b8-7+. The third kappa shape index (κ3) is 5.27. The van der Waals surface area contributed by atoms with E-state index in [0.29, 0.717) is 54.7 Å². The molecule has 0 radical (unpaired) electrons. The molecule has 0 aromatic heterocycles. The van der Waals surface area contributed by atoms with E-state index in [1.165, 1.54) is 33.5 Å². The zero-order valence-electron chi connectivity index (χ0n) is 18.1. The summed E-state index contributed by atoms with van der Waals surface area (Å²) < 4.78 is 54.8. The van der Waals surface area contributed by atoms with Crippen molar-refractivity contribution >= 4 is 17.7 Å². The lowest BCUT2D eigenvalue weighted by atomic mass is 10.1. The van der Waals surface area contributed by atoms with E-state index in [2.05, 4.69) is 0 Å². The molecule has 6 nitrogen and oxygen atoms in total. The molecular formula is C23H25F3N2O4. The average Bonchev–Trinajstić information content (AvgIpc) is 2.81. The number of benzene rings is 2. The third-order valence-electron chi connectivity index (χ3n) is 5.27. The van der Waals surface area contributed by atoms with Gasteiger partial charge in [-0.3, -0.25) is 4.79 Å². The first-order valence-corrected chi connectivity index (χ1v) is 9.96. The quantitative estimate of drug-likeness (QED) is 0.621. The Hall–Kier alpha value is -3.36. The van der Waals surface area contributed by atoms with Gasteiger partial charge in [-0.15, -0.1) is 0 Å². The number of piperazine rings is 1. The maximum atomic E-state index is 13.0. The van der Waals surface area contributed by atoms with Crippen LogP contribution in [-0.2, 0) is 11.0 Å². The monoisotopic (exact) mass is 450 g/mol. The van der Waals surface area contributed by atoms with E-state index in [9.17, 15) is 18.0 Å². The topological polar surface area (TPSA) is 51.2 Å². The SMILES string of the molecule is COc1cc(OC)c(OC)cc1/C=C/C(=O)N1CCN(c2cccc(C(F)(F)F)c2)CC1. The molecule has 1 aliphatic rings. The van der Waals surface area contributed by atoms with E-state index in [0.717, 1.165) is 12.1 Å². The Balaban J connectivity index is 1.66. The lowest BCUT2D eigenvalue weighted by Gasteiger charge is -2.36. The molecule has 32 heavy (non-hydrogen) atoms. The Bertz CT molecular complexity index is 984. The lowest BCUT2D eigenvalue weighted by Crippen LogP contribution is -2.48. The summed E-state index contributed by atoms with van der Waals surface area (Å²) in [5.41, 5.74) is 0.471. The van der Waals surface area contributed by atoms with Gasteiger partial charge in [-0.05, 0) is 30.3 Å². The summed E-state index contributed by atoms with van der Waals surface area (Å²) in [7, 11) is 4.57. The first-order chi connectivity index (χ1) is 15.3. The van der Waals surface area contributed by atoms with Crippen molar-refractivity contribution in [1.29, 1.82) is 0 Å². The van der Waals surface area contributed by atoms with Crippen molar-refractivity contribution in [2.24, 2.45) is 0 Å². The number of carbonyl (C=O) groups is 1. The number of amides is 1. The van der Waals surface area contributed by atoms with Crippen molar-refractivity contribution < 1.29 is 32.2 Å². The van der Waals surface area contributed by atoms with Gasteiger partial charge < -0.3 is 24.0 Å². The Morgan fingerprint density at radius 3 is 2.12 bits per heavy atom. The molecular weight excluding hydrogens is 425 g/mol. The van der Waals surface area contributed by atoms with Crippen LogP contribution in [-0.4, -0.2) is 58.3 Å². The predicted molar refractivity (Wildman–Crippen MR) is 115 cm³/mol. The Labute approximate surface area is 184 Å². The van der Waals surface area contributed by atoms with Crippen molar-refractivity contribution in [3.63, 3.8) is 0 Å². The number of hydrogen-bond acceptors (Lipinski definition) is 5. The summed E-state index contributed by atoms with van der Waals surface area (Å²) >= 11 is 0. The van der Waals surface area contributed by atoms with Crippen molar-refractivity contribution in [3.8, 4) is 17.2 Å². The first kappa shape index (κ1) is 23.3. The van der Waals surface area contributed by atoms with Gasteiger partial charge in [-0.25, -0.2) is 0 Å². The van der Waals surface area contributed by atoms with Crippen LogP contribution in [0.25, 0.3) is 6.08 Å². The van der Waals surface area contributed by atoms with Crippen LogP contribution in [0.4, 0.5) is 18.9 Å². The number of methoxy groups -OCH3 is 3. The van der Waals surface area contributed by atoms with Crippen molar-refractivity contribution in [2.75, 3.05) is 52.4 Å². The molecule has 1 aliphatic heterocycles. The number of alkyl halides is 3. The van der Waals surface area contributed by atoms with Crippen LogP contribution in [0, 0.1) is 0 Å². The minimum Gasteiger partial charge on any atom is -0.496 e. The zero-order valence-corrected chi connectivity index (χ0v) is 18.1. The minimum absolute atomic E-state index is 0.189. The molecule has 2 aromatic rings. The Morgan fingerprint density at radius 2 is 1.53 bits per heavy atom. The second-order valence-corrected chi connectivity index (χ2v) is 7.14. The third-order valence-corrected chi connectivity index (χ3v) is 5.27. The lowest BCUT2D eigenvalue weighted by molar-refractivity contribution is -0.137. The maximum Gasteiger partial charge on any atom is 0.416 e. The van der Waals surface area contributed by atoms with Gasteiger partial charge in [-0.1, -0.05) is 6.07 Å². The normalized spacial score (nSPS) is 14.6. The second-order valence-electron chi connectivity index (χ2n) is 7.14. The first-order valence-electron chi connectivity index (χ1n) is 9.96. The van der Waals surface area contributed by atoms with Gasteiger partial charge in [0.05, 0.1) is 26.9 Å². The van der Waals surface area contributed by atoms with Crippen LogP contribution < -0.4 is 19.1 Å². The second kappa shape index (κ2) is 9.84. The Morgan fingerprint density at radius 1 is 0.906 bits per heavy atom. The average molecular weight is 450 g/mol. The smallest absolute Gasteiger partial charge is 0.416 e. The number of carbonyl (C=O) groups excluding carboxylic acids is 1. The molecule has 0 unspecified atom stereocenters. The van der Waals surface area contributed by atoms with Gasteiger partial charge in [-0.2, -0.15) is 13.2 Å². The van der Waals surface area contributed by atoms with Crippen molar-refractivity contribution in [1.82, 2.24) is 4.90 Å². The fourth-order valence-corrected chi connectivity index (χ4v) is 3.51. The molecule has 0 N–H and O–H groups in total. The van der Waals surface area contributed by atoms with E-state index in [1.54, 1.807) is 29.2 Å². The van der Waals surface area contributed by atoms with Gasteiger partial charge in [0.2, 0.25) is 5.91 Å². The highest BCUT2D eigenvalue weighted by Crippen LogP contribution is 2.35. The van der Waals surface area contributed by atoms with Crippen molar-refractivity contribution in [2.45, 2.75) is 6.18 Å². The molecule has 1 fully saturated rings. The van der Waals surface area contributed by atoms with Crippen LogP contribution in [0.5, 0.6) is 17.2 Å². The van der Waals surface area contributed by atoms with Crippen LogP contribution >= 0.6 is 0 Å². The fourth-order valence-electron chi connectivity index (χ4n) is 3.51. The number of ether oxygens (including phenoxy) is 3. The summed E-state index contributed by atoms with van der Waals surface area (Å²) in [5, 5.41) is 0. The summed E-state index contributed by atoms with van der Waals surface area (Å²) in [6, 6.07) is 8.63. The van der Waals surface area contributed by atoms with Gasteiger partial charge in [0.15, 0.2) is 11.5 Å². The predicted octanol–water partition coefficient (Wildman–Crippen LogP) is 4.09. The number of hydrogen-bond donors (Lipinski definition) is 0. The molecule has 0 bridgehead atoms. The zero-order chi connectivity index (χ0) is 23.3. The van der Waals surface area contributed by atoms with Crippen LogP contribution in [0.2, 0.25) is 0 Å². The van der Waals surface area contributed by atoms with Gasteiger partial charge in [0.25, 0.3) is 0 Å². The molecule has 0 aliphatic carbocycles. The van der Waals surface area contributed by atoms with Crippen LogP contribution in [0.1, 0.15) is 11.1 Å². The maximum absolute atomic E-state index is 13.0. The summed E-state index contributed by atoms with van der Waals surface area (Å²) in [6.45, 7) is 1.70. The molecule has 0 atom stereocenters. The number of anilines is 1. The van der Waals surface area contributed by atoms with E-state index < -0.39 is 11.7 Å². The highest BCUT2D eigenvalue weighted by molar-refractivity contribution is 5.92. The van der Waals surface area contributed by atoms with Crippen LogP contribution in [0.15, 0.2) is 42.5 Å². The highest BCUT2D eigenvalue weighted by Gasteiger charge is 2.31. The molecule has 3 rings (SSSR count). The Kier molecular flexibility index (Phi) is 7.17. The molecule has 1 amide bonds. The molecule has 172 valence electrons. The van der Waals surface area contributed by atoms with E-state index in [1.807, 2.05) is 4.90 Å². The largest absolute Gasteiger partial charge is 0.496 e. The molecule has 9 heteroatoms. The number of rotatable bonds is 6. The number of halogens is 3. The molecule has 0 spiro atoms. The highest BCUT2D eigenvalue weighted by atomic mass is 19.4.